The normalized spacial score (nSPS) is 16.7. The number of primary amides is 1. The van der Waals surface area contributed by atoms with Gasteiger partial charge in [-0.3, -0.25) is 9.69 Å². The van der Waals surface area contributed by atoms with Crippen LogP contribution in [-0.4, -0.2) is 17.4 Å². The summed E-state index contributed by atoms with van der Waals surface area (Å²) >= 11 is 0. The molecular weight excluding hydrogens is 332 g/mol. The first-order valence-electron chi connectivity index (χ1n) is 9.45. The summed E-state index contributed by atoms with van der Waals surface area (Å²) in [5.41, 5.74) is 11.4. The molecule has 0 unspecified atom stereocenters. The number of nitrogens with two attached hydrogens (primary N) is 1. The second kappa shape index (κ2) is 7.77. The first-order chi connectivity index (χ1) is 13.2. The van der Waals surface area contributed by atoms with E-state index in [1.54, 1.807) is 0 Å². The molecule has 0 spiro atoms. The van der Waals surface area contributed by atoms with Crippen LogP contribution in [0.4, 0.5) is 0 Å². The van der Waals surface area contributed by atoms with Crippen LogP contribution in [0.2, 0.25) is 0 Å². The van der Waals surface area contributed by atoms with Gasteiger partial charge in [-0.05, 0) is 47.2 Å². The van der Waals surface area contributed by atoms with Crippen molar-refractivity contribution < 1.29 is 4.79 Å². The molecule has 0 radical (unpaired) electrons. The topological polar surface area (TPSA) is 46.3 Å². The third-order valence-electron chi connectivity index (χ3n) is 5.42. The Balaban J connectivity index is 1.61. The van der Waals surface area contributed by atoms with Gasteiger partial charge in [0.25, 0.3) is 0 Å². The summed E-state index contributed by atoms with van der Waals surface area (Å²) in [6.45, 7) is 1.90. The van der Waals surface area contributed by atoms with E-state index < -0.39 is 0 Å². The third kappa shape index (κ3) is 3.93. The van der Waals surface area contributed by atoms with Crippen LogP contribution in [0.15, 0.2) is 78.9 Å². The van der Waals surface area contributed by atoms with E-state index in [-0.39, 0.29) is 5.91 Å². The summed E-state index contributed by atoms with van der Waals surface area (Å²) in [5.74, 6) is -0.379. The molecule has 0 bridgehead atoms. The number of carbonyl (C=O) groups excluding carboxylic acids is 1. The van der Waals surface area contributed by atoms with Crippen LogP contribution in [0.1, 0.15) is 38.7 Å². The van der Waals surface area contributed by atoms with Gasteiger partial charge < -0.3 is 5.73 Å². The van der Waals surface area contributed by atoms with Crippen LogP contribution in [0, 0.1) is 0 Å². The van der Waals surface area contributed by atoms with Crippen LogP contribution in [0.5, 0.6) is 0 Å². The van der Waals surface area contributed by atoms with E-state index >= 15 is 0 Å². The minimum atomic E-state index is -0.379. The first-order valence-corrected chi connectivity index (χ1v) is 9.45. The van der Waals surface area contributed by atoms with Crippen molar-refractivity contribution >= 4 is 5.91 Å². The minimum absolute atomic E-state index is 0.355. The van der Waals surface area contributed by atoms with E-state index in [0.717, 1.165) is 25.9 Å². The Kier molecular flexibility index (Phi) is 5.03. The third-order valence-corrected chi connectivity index (χ3v) is 5.42. The van der Waals surface area contributed by atoms with E-state index in [4.69, 9.17) is 5.73 Å². The van der Waals surface area contributed by atoms with Crippen molar-refractivity contribution in [3.05, 3.63) is 107 Å². The van der Waals surface area contributed by atoms with Crippen LogP contribution < -0.4 is 5.73 Å². The molecule has 0 aromatic heterocycles. The molecule has 3 heteroatoms. The maximum absolute atomic E-state index is 11.3. The number of hydrogen-bond donors (Lipinski definition) is 1. The molecule has 1 atom stereocenters. The van der Waals surface area contributed by atoms with Crippen molar-refractivity contribution in [1.82, 2.24) is 4.90 Å². The van der Waals surface area contributed by atoms with Crippen molar-refractivity contribution in [2.45, 2.75) is 25.4 Å². The average molecular weight is 356 g/mol. The fourth-order valence-electron chi connectivity index (χ4n) is 3.98. The van der Waals surface area contributed by atoms with Gasteiger partial charge in [-0.25, -0.2) is 0 Å². The molecule has 2 N–H and O–H groups in total. The van der Waals surface area contributed by atoms with Gasteiger partial charge >= 0.3 is 0 Å². The van der Waals surface area contributed by atoms with Gasteiger partial charge in [-0.2, -0.15) is 0 Å². The largest absolute Gasteiger partial charge is 0.366 e. The Labute approximate surface area is 160 Å². The van der Waals surface area contributed by atoms with Crippen molar-refractivity contribution in [3.8, 4) is 0 Å². The minimum Gasteiger partial charge on any atom is -0.366 e. The summed E-state index contributed by atoms with van der Waals surface area (Å²) in [6, 6.07) is 27.5. The molecule has 3 aromatic carbocycles. The standard InChI is InChI=1S/C24H24N2O/c25-24(27)21-12-10-19(11-13-21)17-26-15-14-20-8-4-5-9-22(20)23(26)16-18-6-2-1-3-7-18/h1-13,23H,14-17H2,(H2,25,27)/t23-/m1/s1. The highest BCUT2D eigenvalue weighted by atomic mass is 16.1. The number of benzene rings is 3. The summed E-state index contributed by atoms with van der Waals surface area (Å²) < 4.78 is 0. The molecular formula is C24H24N2O. The first kappa shape index (κ1) is 17.5. The van der Waals surface area contributed by atoms with Gasteiger partial charge in [0, 0.05) is 24.7 Å². The summed E-state index contributed by atoms with van der Waals surface area (Å²) in [6.07, 6.45) is 2.07. The second-order valence-electron chi connectivity index (χ2n) is 7.19. The van der Waals surface area contributed by atoms with Gasteiger partial charge in [-0.1, -0.05) is 66.7 Å². The van der Waals surface area contributed by atoms with Crippen molar-refractivity contribution in [1.29, 1.82) is 0 Å². The molecule has 136 valence electrons. The van der Waals surface area contributed by atoms with Gasteiger partial charge in [0.1, 0.15) is 0 Å². The quantitative estimate of drug-likeness (QED) is 0.747. The van der Waals surface area contributed by atoms with Crippen LogP contribution in [0.25, 0.3) is 0 Å². The zero-order valence-electron chi connectivity index (χ0n) is 15.3. The Morgan fingerprint density at radius 3 is 2.33 bits per heavy atom. The smallest absolute Gasteiger partial charge is 0.248 e. The Morgan fingerprint density at radius 2 is 1.59 bits per heavy atom. The van der Waals surface area contributed by atoms with Crippen molar-refractivity contribution in [3.63, 3.8) is 0 Å². The zero-order valence-corrected chi connectivity index (χ0v) is 15.3. The number of amides is 1. The highest BCUT2D eigenvalue weighted by Gasteiger charge is 2.27. The molecule has 3 nitrogen and oxygen atoms in total. The van der Waals surface area contributed by atoms with Gasteiger partial charge in [0.15, 0.2) is 0 Å². The molecule has 0 aliphatic carbocycles. The predicted molar refractivity (Wildman–Crippen MR) is 108 cm³/mol. The summed E-state index contributed by atoms with van der Waals surface area (Å²) in [4.78, 5) is 13.9. The summed E-state index contributed by atoms with van der Waals surface area (Å²) in [7, 11) is 0. The maximum Gasteiger partial charge on any atom is 0.248 e. The van der Waals surface area contributed by atoms with Crippen LogP contribution in [-0.2, 0) is 19.4 Å². The van der Waals surface area contributed by atoms with Gasteiger partial charge in [0.2, 0.25) is 5.91 Å². The predicted octanol–water partition coefficient (Wildman–Crippen LogP) is 4.13. The molecule has 1 aliphatic heterocycles. The Morgan fingerprint density at radius 1 is 0.889 bits per heavy atom. The van der Waals surface area contributed by atoms with E-state index in [2.05, 4.69) is 59.5 Å². The molecule has 27 heavy (non-hydrogen) atoms. The van der Waals surface area contributed by atoms with Crippen LogP contribution in [0.3, 0.4) is 0 Å². The lowest BCUT2D eigenvalue weighted by atomic mass is 9.88. The average Bonchev–Trinajstić information content (AvgIpc) is 2.71. The Bertz CT molecular complexity index is 919. The van der Waals surface area contributed by atoms with E-state index in [9.17, 15) is 4.79 Å². The molecule has 1 heterocycles. The van der Waals surface area contributed by atoms with Crippen molar-refractivity contribution in [2.75, 3.05) is 6.54 Å². The number of carbonyl (C=O) groups is 1. The van der Waals surface area contributed by atoms with Gasteiger partial charge in [-0.15, -0.1) is 0 Å². The van der Waals surface area contributed by atoms with E-state index in [1.165, 1.54) is 22.3 Å². The molecule has 1 amide bonds. The molecule has 1 aliphatic rings. The highest BCUT2D eigenvalue weighted by Crippen LogP contribution is 2.33. The maximum atomic E-state index is 11.3. The number of fused-ring (bicyclic) bond motifs is 1. The lowest BCUT2D eigenvalue weighted by Gasteiger charge is -2.37. The second-order valence-corrected chi connectivity index (χ2v) is 7.19. The lowest BCUT2D eigenvalue weighted by Crippen LogP contribution is -2.36. The molecule has 0 saturated carbocycles. The zero-order chi connectivity index (χ0) is 18.6. The fraction of sp³-hybridized carbons (Fsp3) is 0.208. The number of hydrogen-bond acceptors (Lipinski definition) is 2. The van der Waals surface area contributed by atoms with E-state index in [1.807, 2.05) is 24.3 Å². The lowest BCUT2D eigenvalue weighted by molar-refractivity contribution is 0.1000. The van der Waals surface area contributed by atoms with E-state index in [0.29, 0.717) is 11.6 Å². The number of nitrogens with zero attached hydrogens (tertiary/aromatic N) is 1. The molecule has 0 saturated heterocycles. The Hall–Kier alpha value is -2.91. The SMILES string of the molecule is NC(=O)c1ccc(CN2CCc3ccccc3[C@H]2Cc2ccccc2)cc1. The molecule has 0 fully saturated rings. The van der Waals surface area contributed by atoms with Crippen molar-refractivity contribution in [2.24, 2.45) is 5.73 Å². The molecule has 4 rings (SSSR count). The summed E-state index contributed by atoms with van der Waals surface area (Å²) in [5, 5.41) is 0. The number of rotatable bonds is 5. The fourth-order valence-corrected chi connectivity index (χ4v) is 3.98. The molecule has 3 aromatic rings. The monoisotopic (exact) mass is 356 g/mol. The van der Waals surface area contributed by atoms with Gasteiger partial charge in [0.05, 0.1) is 0 Å². The van der Waals surface area contributed by atoms with Crippen LogP contribution >= 0.6 is 0 Å². The highest BCUT2D eigenvalue weighted by molar-refractivity contribution is 5.92.